The molecule has 88 valence electrons. The summed E-state index contributed by atoms with van der Waals surface area (Å²) in [5.74, 6) is 0.204. The van der Waals surface area contributed by atoms with Crippen molar-refractivity contribution >= 4 is 17.5 Å². The van der Waals surface area contributed by atoms with Crippen LogP contribution in [0.4, 0.5) is 0 Å². The molecule has 0 aliphatic rings. The van der Waals surface area contributed by atoms with Crippen LogP contribution < -0.4 is 0 Å². The molecule has 0 fully saturated rings. The summed E-state index contributed by atoms with van der Waals surface area (Å²) >= 11 is 1.46. The zero-order valence-corrected chi connectivity index (χ0v) is 10.8. The molecule has 3 heteroatoms. The van der Waals surface area contributed by atoms with Gasteiger partial charge in [-0.3, -0.25) is 4.79 Å². The first kappa shape index (κ1) is 13.3. The van der Waals surface area contributed by atoms with E-state index in [1.165, 1.54) is 17.3 Å². The van der Waals surface area contributed by atoms with Crippen molar-refractivity contribution in [1.29, 1.82) is 0 Å². The van der Waals surface area contributed by atoms with Crippen LogP contribution in [0.25, 0.3) is 0 Å². The van der Waals surface area contributed by atoms with Gasteiger partial charge in [-0.2, -0.15) is 0 Å². The summed E-state index contributed by atoms with van der Waals surface area (Å²) in [6.45, 7) is 6.15. The topological polar surface area (TPSA) is 37.3 Å². The van der Waals surface area contributed by atoms with Crippen molar-refractivity contribution in [3.05, 3.63) is 29.8 Å². The first-order valence-corrected chi connectivity index (χ1v) is 6.28. The Kier molecular flexibility index (Phi) is 4.56. The lowest BCUT2D eigenvalue weighted by Crippen LogP contribution is -2.10. The molecule has 1 N–H and O–H groups in total. The predicted molar refractivity (Wildman–Crippen MR) is 68.0 cm³/mol. The minimum absolute atomic E-state index is 0.134. The number of ketones is 1. The summed E-state index contributed by atoms with van der Waals surface area (Å²) in [5.41, 5.74) is 1.44. The van der Waals surface area contributed by atoms with Crippen LogP contribution in [-0.4, -0.2) is 23.2 Å². The van der Waals surface area contributed by atoms with E-state index in [1.807, 2.05) is 12.1 Å². The van der Waals surface area contributed by atoms with Gasteiger partial charge in [0.15, 0.2) is 5.78 Å². The number of rotatable bonds is 4. The molecule has 0 saturated carbocycles. The van der Waals surface area contributed by atoms with Crippen molar-refractivity contribution in [1.82, 2.24) is 0 Å². The molecule has 0 radical (unpaired) electrons. The van der Waals surface area contributed by atoms with Gasteiger partial charge in [-0.25, -0.2) is 0 Å². The van der Waals surface area contributed by atoms with Crippen LogP contribution in [-0.2, 0) is 10.2 Å². The second kappa shape index (κ2) is 5.51. The van der Waals surface area contributed by atoms with Crippen LogP contribution in [0, 0.1) is 0 Å². The average molecular weight is 238 g/mol. The van der Waals surface area contributed by atoms with Gasteiger partial charge in [-0.05, 0) is 23.1 Å². The zero-order valence-electron chi connectivity index (χ0n) is 9.99. The van der Waals surface area contributed by atoms with Crippen molar-refractivity contribution in [3.63, 3.8) is 0 Å². The molecule has 0 aromatic heterocycles. The summed E-state index contributed by atoms with van der Waals surface area (Å²) in [6, 6.07) is 8.23. The molecule has 0 aliphatic carbocycles. The molecular weight excluding hydrogens is 220 g/mol. The molecule has 0 heterocycles. The van der Waals surface area contributed by atoms with Crippen LogP contribution in [0.5, 0.6) is 0 Å². The van der Waals surface area contributed by atoms with Gasteiger partial charge >= 0.3 is 0 Å². The monoisotopic (exact) mass is 238 g/mol. The molecule has 0 saturated heterocycles. The molecular formula is C13H18O2S. The lowest BCUT2D eigenvalue weighted by atomic mass is 9.87. The lowest BCUT2D eigenvalue weighted by molar-refractivity contribution is -0.119. The fourth-order valence-electron chi connectivity index (χ4n) is 1.26. The minimum atomic E-state index is -0.368. The summed E-state index contributed by atoms with van der Waals surface area (Å²) in [7, 11) is 0. The highest BCUT2D eigenvalue weighted by Crippen LogP contribution is 2.25. The van der Waals surface area contributed by atoms with Gasteiger partial charge in [-0.1, -0.05) is 32.9 Å². The number of aliphatic hydroxyl groups excluding tert-OH is 1. The third kappa shape index (κ3) is 3.99. The standard InChI is InChI=1S/C13H18O2S/c1-13(2,3)10-4-6-12(7-5-10)16-9-11(15)8-14/h4-7,14H,8-9H2,1-3H3. The van der Waals surface area contributed by atoms with E-state index < -0.39 is 0 Å². The van der Waals surface area contributed by atoms with Crippen molar-refractivity contribution in [2.75, 3.05) is 12.4 Å². The molecule has 1 aromatic rings. The summed E-state index contributed by atoms with van der Waals surface area (Å²) in [6.07, 6.45) is 0. The van der Waals surface area contributed by atoms with Crippen LogP contribution in [0.3, 0.4) is 0 Å². The molecule has 16 heavy (non-hydrogen) atoms. The second-order valence-electron chi connectivity index (χ2n) is 4.76. The Hall–Kier alpha value is -0.800. The van der Waals surface area contributed by atoms with Gasteiger partial charge in [0, 0.05) is 4.90 Å². The van der Waals surface area contributed by atoms with Crippen molar-refractivity contribution in [2.45, 2.75) is 31.1 Å². The quantitative estimate of drug-likeness (QED) is 0.819. The number of carbonyl (C=O) groups is 1. The van der Waals surface area contributed by atoms with Gasteiger partial charge in [-0.15, -0.1) is 11.8 Å². The summed E-state index contributed by atoms with van der Waals surface area (Å²) in [5, 5.41) is 8.60. The largest absolute Gasteiger partial charge is 0.389 e. The SMILES string of the molecule is CC(C)(C)c1ccc(SCC(=O)CO)cc1. The molecule has 0 bridgehead atoms. The Bertz CT molecular complexity index is 349. The van der Waals surface area contributed by atoms with E-state index >= 15 is 0 Å². The molecule has 0 spiro atoms. The summed E-state index contributed by atoms with van der Waals surface area (Å²) < 4.78 is 0. The van der Waals surface area contributed by atoms with Crippen molar-refractivity contribution in [3.8, 4) is 0 Å². The number of hydrogen-bond acceptors (Lipinski definition) is 3. The Morgan fingerprint density at radius 3 is 2.25 bits per heavy atom. The number of thioether (sulfide) groups is 1. The second-order valence-corrected chi connectivity index (χ2v) is 5.81. The average Bonchev–Trinajstić information content (AvgIpc) is 2.25. The number of Topliss-reactive ketones (excluding diaryl/α,β-unsaturated/α-hetero) is 1. The normalized spacial score (nSPS) is 11.5. The van der Waals surface area contributed by atoms with E-state index in [0.717, 1.165) is 4.90 Å². The van der Waals surface area contributed by atoms with E-state index in [0.29, 0.717) is 5.75 Å². The van der Waals surface area contributed by atoms with E-state index in [1.54, 1.807) is 0 Å². The van der Waals surface area contributed by atoms with E-state index in [2.05, 4.69) is 32.9 Å². The fourth-order valence-corrected chi connectivity index (χ4v) is 2.01. The molecule has 0 amide bonds. The number of benzene rings is 1. The van der Waals surface area contributed by atoms with Crippen LogP contribution >= 0.6 is 11.8 Å². The Labute approximate surface area is 101 Å². The van der Waals surface area contributed by atoms with E-state index in [9.17, 15) is 4.79 Å². The van der Waals surface area contributed by atoms with E-state index in [-0.39, 0.29) is 17.8 Å². The third-order valence-corrected chi connectivity index (χ3v) is 3.37. The molecule has 1 rings (SSSR count). The van der Waals surface area contributed by atoms with E-state index in [4.69, 9.17) is 5.11 Å². The minimum Gasteiger partial charge on any atom is -0.389 e. The van der Waals surface area contributed by atoms with Crippen molar-refractivity contribution in [2.24, 2.45) is 0 Å². The smallest absolute Gasteiger partial charge is 0.168 e. The molecule has 0 unspecified atom stereocenters. The maximum Gasteiger partial charge on any atom is 0.168 e. The van der Waals surface area contributed by atoms with Crippen LogP contribution in [0.2, 0.25) is 0 Å². The highest BCUT2D eigenvalue weighted by atomic mass is 32.2. The maximum absolute atomic E-state index is 10.9. The number of carbonyl (C=O) groups excluding carboxylic acids is 1. The van der Waals surface area contributed by atoms with Gasteiger partial charge < -0.3 is 5.11 Å². The fraction of sp³-hybridized carbons (Fsp3) is 0.462. The summed E-state index contributed by atoms with van der Waals surface area (Å²) in [4.78, 5) is 12.0. The molecule has 1 aromatic carbocycles. The first-order valence-electron chi connectivity index (χ1n) is 5.29. The van der Waals surface area contributed by atoms with Gasteiger partial charge in [0.2, 0.25) is 0 Å². The van der Waals surface area contributed by atoms with Crippen molar-refractivity contribution < 1.29 is 9.90 Å². The Balaban J connectivity index is 2.62. The van der Waals surface area contributed by atoms with Crippen LogP contribution in [0.15, 0.2) is 29.2 Å². The van der Waals surface area contributed by atoms with Gasteiger partial charge in [0.25, 0.3) is 0 Å². The third-order valence-electron chi connectivity index (χ3n) is 2.30. The molecule has 0 aliphatic heterocycles. The predicted octanol–water partition coefficient (Wildman–Crippen LogP) is 2.64. The molecule has 0 atom stereocenters. The first-order chi connectivity index (χ1) is 7.43. The Morgan fingerprint density at radius 2 is 1.81 bits per heavy atom. The number of aliphatic hydroxyl groups is 1. The Morgan fingerprint density at radius 1 is 1.25 bits per heavy atom. The lowest BCUT2D eigenvalue weighted by Gasteiger charge is -2.18. The van der Waals surface area contributed by atoms with Gasteiger partial charge in [0.1, 0.15) is 6.61 Å². The van der Waals surface area contributed by atoms with Gasteiger partial charge in [0.05, 0.1) is 5.75 Å². The van der Waals surface area contributed by atoms with Crippen LogP contribution in [0.1, 0.15) is 26.3 Å². The highest BCUT2D eigenvalue weighted by Gasteiger charge is 2.12. The maximum atomic E-state index is 10.9. The highest BCUT2D eigenvalue weighted by molar-refractivity contribution is 8.00. The molecule has 2 nitrogen and oxygen atoms in total. The zero-order chi connectivity index (χ0) is 12.2. The number of hydrogen-bond donors (Lipinski definition) is 1.